The van der Waals surface area contributed by atoms with E-state index in [9.17, 15) is 9.59 Å². The second-order valence-electron chi connectivity index (χ2n) is 6.55. The molecule has 0 radical (unpaired) electrons. The molecule has 2 rings (SSSR count). The fourth-order valence-electron chi connectivity index (χ4n) is 3.04. The third kappa shape index (κ3) is 5.06. The zero-order valence-electron chi connectivity index (χ0n) is 14.4. The Bertz CT molecular complexity index is 571. The Labute approximate surface area is 138 Å². The molecule has 23 heavy (non-hydrogen) atoms. The van der Waals surface area contributed by atoms with Crippen LogP contribution in [-0.4, -0.2) is 37.5 Å². The minimum absolute atomic E-state index is 0.0217. The van der Waals surface area contributed by atoms with Gasteiger partial charge in [-0.3, -0.25) is 9.59 Å². The minimum Gasteiger partial charge on any atom is -0.342 e. The molecule has 2 amide bonds. The summed E-state index contributed by atoms with van der Waals surface area (Å²) in [4.78, 5) is 25.4. The van der Waals surface area contributed by atoms with E-state index in [4.69, 9.17) is 0 Å². The van der Waals surface area contributed by atoms with E-state index in [-0.39, 0.29) is 18.4 Å². The van der Waals surface area contributed by atoms with Gasteiger partial charge >= 0.3 is 0 Å². The van der Waals surface area contributed by atoms with Crippen molar-refractivity contribution in [1.82, 2.24) is 5.32 Å². The molecule has 1 aromatic carbocycles. The van der Waals surface area contributed by atoms with Gasteiger partial charge in [-0.25, -0.2) is 0 Å². The summed E-state index contributed by atoms with van der Waals surface area (Å²) in [6.45, 7) is 7.70. The van der Waals surface area contributed by atoms with Crippen LogP contribution in [0.5, 0.6) is 0 Å². The number of piperidine rings is 1. The number of anilines is 1. The van der Waals surface area contributed by atoms with Crippen LogP contribution in [0.2, 0.25) is 0 Å². The summed E-state index contributed by atoms with van der Waals surface area (Å²) in [5, 5.41) is 5.59. The average Bonchev–Trinajstić information content (AvgIpc) is 2.52. The number of benzene rings is 1. The van der Waals surface area contributed by atoms with Crippen molar-refractivity contribution in [2.75, 3.05) is 25.0 Å². The molecule has 5 heteroatoms. The van der Waals surface area contributed by atoms with Gasteiger partial charge in [0.2, 0.25) is 5.91 Å². The third-order valence-corrected chi connectivity index (χ3v) is 4.79. The van der Waals surface area contributed by atoms with Gasteiger partial charge < -0.3 is 15.5 Å². The summed E-state index contributed by atoms with van der Waals surface area (Å²) in [6, 6.07) is 6.33. The van der Waals surface area contributed by atoms with E-state index >= 15 is 0 Å². The maximum absolute atomic E-state index is 12.0. The number of hydrogen-bond donors (Lipinski definition) is 3. The maximum atomic E-state index is 12.0. The van der Waals surface area contributed by atoms with Crippen molar-refractivity contribution >= 4 is 17.5 Å². The molecule has 0 bridgehead atoms. The number of likely N-dealkylation sites (tertiary alicyclic amines) is 1. The van der Waals surface area contributed by atoms with Crippen LogP contribution in [0.1, 0.15) is 37.3 Å². The van der Waals surface area contributed by atoms with Gasteiger partial charge in [0.05, 0.1) is 19.1 Å². The first-order valence-electron chi connectivity index (χ1n) is 8.44. The summed E-state index contributed by atoms with van der Waals surface area (Å²) in [7, 11) is 0. The Hall–Kier alpha value is -1.88. The van der Waals surface area contributed by atoms with E-state index in [1.54, 1.807) is 0 Å². The SMILES string of the molecule is Cc1cccc(NC(=O)CNC(=O)C[NH+]2CCCC[C@@H]2C)c1C. The van der Waals surface area contributed by atoms with Crippen LogP contribution in [0.15, 0.2) is 18.2 Å². The van der Waals surface area contributed by atoms with E-state index in [0.29, 0.717) is 12.6 Å². The number of amides is 2. The lowest BCUT2D eigenvalue weighted by Crippen LogP contribution is -3.17. The predicted octanol–water partition coefficient (Wildman–Crippen LogP) is 0.815. The third-order valence-electron chi connectivity index (χ3n) is 4.79. The van der Waals surface area contributed by atoms with Crippen molar-refractivity contribution in [3.63, 3.8) is 0 Å². The Morgan fingerprint density at radius 1 is 1.22 bits per heavy atom. The predicted molar refractivity (Wildman–Crippen MR) is 91.6 cm³/mol. The largest absolute Gasteiger partial charge is 0.342 e. The van der Waals surface area contributed by atoms with Gasteiger partial charge in [-0.2, -0.15) is 0 Å². The maximum Gasteiger partial charge on any atom is 0.275 e. The highest BCUT2D eigenvalue weighted by atomic mass is 16.2. The second-order valence-corrected chi connectivity index (χ2v) is 6.55. The van der Waals surface area contributed by atoms with Crippen molar-refractivity contribution < 1.29 is 14.5 Å². The summed E-state index contributed by atoms with van der Waals surface area (Å²) in [6.07, 6.45) is 3.61. The van der Waals surface area contributed by atoms with E-state index in [1.807, 2.05) is 32.0 Å². The highest BCUT2D eigenvalue weighted by molar-refractivity contribution is 5.95. The first kappa shape index (κ1) is 17.5. The normalized spacial score (nSPS) is 20.8. The molecular weight excluding hydrogens is 290 g/mol. The van der Waals surface area contributed by atoms with Crippen LogP contribution in [0.4, 0.5) is 5.69 Å². The lowest BCUT2D eigenvalue weighted by Gasteiger charge is -2.29. The Morgan fingerprint density at radius 2 is 2.00 bits per heavy atom. The zero-order chi connectivity index (χ0) is 16.8. The highest BCUT2D eigenvalue weighted by Gasteiger charge is 2.24. The molecule has 1 heterocycles. The van der Waals surface area contributed by atoms with E-state index in [0.717, 1.165) is 23.4 Å². The van der Waals surface area contributed by atoms with E-state index in [1.165, 1.54) is 24.2 Å². The lowest BCUT2D eigenvalue weighted by atomic mass is 10.0. The first-order valence-corrected chi connectivity index (χ1v) is 8.44. The van der Waals surface area contributed by atoms with Crippen LogP contribution in [-0.2, 0) is 9.59 Å². The molecule has 1 fully saturated rings. The number of nitrogens with one attached hydrogen (secondary N) is 3. The van der Waals surface area contributed by atoms with Gasteiger partial charge in [0.25, 0.3) is 5.91 Å². The molecule has 126 valence electrons. The van der Waals surface area contributed by atoms with Crippen molar-refractivity contribution in [1.29, 1.82) is 0 Å². The smallest absolute Gasteiger partial charge is 0.275 e. The van der Waals surface area contributed by atoms with Crippen molar-refractivity contribution in [3.05, 3.63) is 29.3 Å². The monoisotopic (exact) mass is 318 g/mol. The molecule has 5 nitrogen and oxygen atoms in total. The molecule has 1 unspecified atom stereocenters. The summed E-state index contributed by atoms with van der Waals surface area (Å²) in [5.74, 6) is -0.237. The van der Waals surface area contributed by atoms with Gasteiger partial charge in [-0.15, -0.1) is 0 Å². The second kappa shape index (κ2) is 8.11. The summed E-state index contributed by atoms with van der Waals surface area (Å²) < 4.78 is 0. The van der Waals surface area contributed by atoms with Crippen LogP contribution in [0.25, 0.3) is 0 Å². The quantitative estimate of drug-likeness (QED) is 0.752. The minimum atomic E-state index is -0.186. The van der Waals surface area contributed by atoms with Gasteiger partial charge in [0, 0.05) is 5.69 Å². The van der Waals surface area contributed by atoms with Gasteiger partial charge in [-0.05, 0) is 57.2 Å². The molecule has 0 spiro atoms. The van der Waals surface area contributed by atoms with Crippen LogP contribution >= 0.6 is 0 Å². The fraction of sp³-hybridized carbons (Fsp3) is 0.556. The molecule has 1 aliphatic rings. The number of rotatable bonds is 5. The summed E-state index contributed by atoms with van der Waals surface area (Å²) in [5.41, 5.74) is 2.99. The number of carbonyl (C=O) groups excluding carboxylic acids is 2. The number of aryl methyl sites for hydroxylation is 1. The molecule has 2 atom stereocenters. The molecule has 0 aliphatic carbocycles. The Kier molecular flexibility index (Phi) is 6.16. The Morgan fingerprint density at radius 3 is 2.74 bits per heavy atom. The van der Waals surface area contributed by atoms with Crippen molar-refractivity contribution in [2.24, 2.45) is 0 Å². The standard InChI is InChI=1S/C18H27N3O2/c1-13-7-6-9-16(15(13)3)20-17(22)11-19-18(23)12-21-10-5-4-8-14(21)2/h6-7,9,14H,4-5,8,10-12H2,1-3H3,(H,19,23)(H,20,22)/p+1/t14-/m0/s1. The molecule has 0 saturated carbocycles. The zero-order valence-corrected chi connectivity index (χ0v) is 14.4. The average molecular weight is 318 g/mol. The molecular formula is C18H28N3O2+. The topological polar surface area (TPSA) is 62.6 Å². The van der Waals surface area contributed by atoms with Crippen LogP contribution < -0.4 is 15.5 Å². The molecule has 1 aromatic rings. The molecule has 1 saturated heterocycles. The first-order chi connectivity index (χ1) is 11.0. The van der Waals surface area contributed by atoms with Gasteiger partial charge in [0.15, 0.2) is 6.54 Å². The number of hydrogen-bond acceptors (Lipinski definition) is 2. The van der Waals surface area contributed by atoms with Crippen LogP contribution in [0, 0.1) is 13.8 Å². The van der Waals surface area contributed by atoms with Crippen LogP contribution in [0.3, 0.4) is 0 Å². The van der Waals surface area contributed by atoms with Gasteiger partial charge in [-0.1, -0.05) is 12.1 Å². The summed E-state index contributed by atoms with van der Waals surface area (Å²) >= 11 is 0. The molecule has 1 aliphatic heterocycles. The fourth-order valence-corrected chi connectivity index (χ4v) is 3.04. The number of carbonyl (C=O) groups is 2. The molecule has 0 aromatic heterocycles. The van der Waals surface area contributed by atoms with Crippen molar-refractivity contribution in [2.45, 2.75) is 46.1 Å². The van der Waals surface area contributed by atoms with Gasteiger partial charge in [0.1, 0.15) is 0 Å². The number of quaternary nitrogens is 1. The van der Waals surface area contributed by atoms with E-state index in [2.05, 4.69) is 17.6 Å². The van der Waals surface area contributed by atoms with E-state index < -0.39 is 0 Å². The van der Waals surface area contributed by atoms with Crippen molar-refractivity contribution in [3.8, 4) is 0 Å². The Balaban J connectivity index is 1.77. The highest BCUT2D eigenvalue weighted by Crippen LogP contribution is 2.17. The lowest BCUT2D eigenvalue weighted by molar-refractivity contribution is -0.920. The molecule has 3 N–H and O–H groups in total.